The summed E-state index contributed by atoms with van der Waals surface area (Å²) >= 11 is 5.76. The van der Waals surface area contributed by atoms with Gasteiger partial charge in [-0.1, -0.05) is 29.8 Å². The van der Waals surface area contributed by atoms with Gasteiger partial charge in [0.1, 0.15) is 12.4 Å². The third-order valence-corrected chi connectivity index (χ3v) is 5.93. The fourth-order valence-corrected chi connectivity index (χ4v) is 3.95. The van der Waals surface area contributed by atoms with E-state index < -0.39 is 34.2 Å². The minimum absolute atomic E-state index is 0.0292. The molecule has 11 heteroatoms. The minimum atomic E-state index is -3.89. The normalized spacial score (nSPS) is 11.0. The number of carbonyl (C=O) groups excluding carboxylic acids is 2. The highest BCUT2D eigenvalue weighted by Crippen LogP contribution is 2.24. The molecule has 0 spiro atoms. The zero-order valence-electron chi connectivity index (χ0n) is 17.5. The molecule has 172 valence electrons. The van der Waals surface area contributed by atoms with Crippen molar-refractivity contribution >= 4 is 44.8 Å². The molecule has 33 heavy (non-hydrogen) atoms. The van der Waals surface area contributed by atoms with Gasteiger partial charge in [-0.3, -0.25) is 18.9 Å². The van der Waals surface area contributed by atoms with E-state index in [2.05, 4.69) is 15.6 Å². The molecule has 0 bridgehead atoms. The van der Waals surface area contributed by atoms with E-state index in [1.54, 1.807) is 30.6 Å². The monoisotopic (exact) mass is 490 g/mol. The van der Waals surface area contributed by atoms with Crippen molar-refractivity contribution in [2.45, 2.75) is 6.54 Å². The Bertz CT molecular complexity index is 1270. The van der Waals surface area contributed by atoms with E-state index in [0.29, 0.717) is 0 Å². The van der Waals surface area contributed by atoms with Crippen molar-refractivity contribution in [3.8, 4) is 0 Å². The molecule has 0 fully saturated rings. The molecule has 0 atom stereocenters. The van der Waals surface area contributed by atoms with Crippen LogP contribution < -0.4 is 14.9 Å². The Kier molecular flexibility index (Phi) is 7.62. The molecule has 0 radical (unpaired) electrons. The minimum Gasteiger partial charge on any atom is -0.348 e. The molecular weight excluding hydrogens is 471 g/mol. The standard InChI is InChI=1S/C22H20ClFN4O4S/c1-33(31,32)28(16-8-9-19(24)18(23)11-16)14-21(29)27-20-7-3-2-6-17(20)22(30)26-13-15-5-4-10-25-12-15/h2-12H,13-14H2,1H3,(H,26,30)(H,27,29). The van der Waals surface area contributed by atoms with Crippen molar-refractivity contribution in [2.75, 3.05) is 22.4 Å². The van der Waals surface area contributed by atoms with Gasteiger partial charge in [-0.25, -0.2) is 12.8 Å². The van der Waals surface area contributed by atoms with Crippen molar-refractivity contribution in [3.63, 3.8) is 0 Å². The van der Waals surface area contributed by atoms with Crippen LogP contribution in [-0.2, 0) is 21.4 Å². The van der Waals surface area contributed by atoms with Gasteiger partial charge < -0.3 is 10.6 Å². The number of para-hydroxylation sites is 1. The third-order valence-electron chi connectivity index (χ3n) is 4.50. The van der Waals surface area contributed by atoms with E-state index in [0.717, 1.165) is 28.3 Å². The van der Waals surface area contributed by atoms with Crippen LogP contribution >= 0.6 is 11.6 Å². The summed E-state index contributed by atoms with van der Waals surface area (Å²) in [4.78, 5) is 29.3. The lowest BCUT2D eigenvalue weighted by atomic mass is 10.1. The van der Waals surface area contributed by atoms with Crippen molar-refractivity contribution in [3.05, 3.63) is 89.0 Å². The number of rotatable bonds is 8. The van der Waals surface area contributed by atoms with Crippen LogP contribution in [0.15, 0.2) is 67.0 Å². The maximum absolute atomic E-state index is 13.5. The molecule has 2 aromatic carbocycles. The Hall–Kier alpha value is -3.50. The van der Waals surface area contributed by atoms with Gasteiger partial charge in [-0.15, -0.1) is 0 Å². The van der Waals surface area contributed by atoms with E-state index in [1.165, 1.54) is 18.2 Å². The van der Waals surface area contributed by atoms with Gasteiger partial charge in [0.05, 0.1) is 28.2 Å². The van der Waals surface area contributed by atoms with E-state index in [1.807, 2.05) is 6.07 Å². The summed E-state index contributed by atoms with van der Waals surface area (Å²) in [6, 6.07) is 13.2. The summed E-state index contributed by atoms with van der Waals surface area (Å²) in [5.74, 6) is -1.85. The number of anilines is 2. The molecular formula is C22H20ClFN4O4S. The van der Waals surface area contributed by atoms with Gasteiger partial charge in [0.15, 0.2) is 0 Å². The number of nitrogens with zero attached hydrogens (tertiary/aromatic N) is 2. The smallest absolute Gasteiger partial charge is 0.253 e. The average Bonchev–Trinajstić information content (AvgIpc) is 2.78. The van der Waals surface area contributed by atoms with Crippen LogP contribution in [0, 0.1) is 5.82 Å². The highest BCUT2D eigenvalue weighted by molar-refractivity contribution is 7.92. The molecule has 3 aromatic rings. The Labute approximate surface area is 195 Å². The number of carbonyl (C=O) groups is 2. The van der Waals surface area contributed by atoms with Gasteiger partial charge in [0.25, 0.3) is 5.91 Å². The number of aromatic nitrogens is 1. The van der Waals surface area contributed by atoms with Crippen LogP contribution in [0.5, 0.6) is 0 Å². The average molecular weight is 491 g/mol. The number of hydrogen-bond acceptors (Lipinski definition) is 5. The first-order valence-corrected chi connectivity index (χ1v) is 11.9. The van der Waals surface area contributed by atoms with Crippen LogP contribution in [0.25, 0.3) is 0 Å². The van der Waals surface area contributed by atoms with E-state index in [9.17, 15) is 22.4 Å². The SMILES string of the molecule is CS(=O)(=O)N(CC(=O)Nc1ccccc1C(=O)NCc1cccnc1)c1ccc(F)c(Cl)c1. The summed E-state index contributed by atoms with van der Waals surface area (Å²) in [6.07, 6.45) is 4.16. The zero-order valence-corrected chi connectivity index (χ0v) is 19.0. The molecule has 0 aliphatic rings. The van der Waals surface area contributed by atoms with E-state index >= 15 is 0 Å². The topological polar surface area (TPSA) is 108 Å². The maximum Gasteiger partial charge on any atom is 0.253 e. The van der Waals surface area contributed by atoms with Crippen LogP contribution in [0.3, 0.4) is 0 Å². The lowest BCUT2D eigenvalue weighted by Gasteiger charge is -2.22. The second kappa shape index (κ2) is 10.4. The maximum atomic E-state index is 13.5. The summed E-state index contributed by atoms with van der Waals surface area (Å²) in [7, 11) is -3.89. The number of amides is 2. The third kappa shape index (κ3) is 6.50. The van der Waals surface area contributed by atoms with Crippen molar-refractivity contribution in [2.24, 2.45) is 0 Å². The molecule has 1 aromatic heterocycles. The van der Waals surface area contributed by atoms with Gasteiger partial charge >= 0.3 is 0 Å². The molecule has 0 saturated heterocycles. The molecule has 3 rings (SSSR count). The molecule has 2 amide bonds. The van der Waals surface area contributed by atoms with Crippen molar-refractivity contribution in [1.82, 2.24) is 10.3 Å². The predicted octanol–water partition coefficient (Wildman–Crippen LogP) is 3.21. The first-order chi connectivity index (χ1) is 15.6. The summed E-state index contributed by atoms with van der Waals surface area (Å²) in [5.41, 5.74) is 1.23. The number of halogens is 2. The second-order valence-corrected chi connectivity index (χ2v) is 9.32. The Morgan fingerprint density at radius 1 is 1.12 bits per heavy atom. The molecule has 1 heterocycles. The lowest BCUT2D eigenvalue weighted by molar-refractivity contribution is -0.114. The first kappa shape index (κ1) is 24.1. The van der Waals surface area contributed by atoms with E-state index in [-0.39, 0.29) is 28.5 Å². The molecule has 8 nitrogen and oxygen atoms in total. The van der Waals surface area contributed by atoms with Crippen LogP contribution in [0.4, 0.5) is 15.8 Å². The summed E-state index contributed by atoms with van der Waals surface area (Å²) in [5, 5.41) is 5.03. The Balaban J connectivity index is 1.75. The fourth-order valence-electron chi connectivity index (χ4n) is 2.93. The molecule has 0 unspecified atom stereocenters. The highest BCUT2D eigenvalue weighted by Gasteiger charge is 2.23. The van der Waals surface area contributed by atoms with Crippen molar-refractivity contribution < 1.29 is 22.4 Å². The molecule has 0 saturated carbocycles. The predicted molar refractivity (Wildman–Crippen MR) is 124 cm³/mol. The fraction of sp³-hybridized carbons (Fsp3) is 0.136. The van der Waals surface area contributed by atoms with Crippen molar-refractivity contribution in [1.29, 1.82) is 0 Å². The van der Waals surface area contributed by atoms with Gasteiger partial charge in [0, 0.05) is 18.9 Å². The highest BCUT2D eigenvalue weighted by atomic mass is 35.5. The lowest BCUT2D eigenvalue weighted by Crippen LogP contribution is -2.37. The Morgan fingerprint density at radius 2 is 1.88 bits per heavy atom. The van der Waals surface area contributed by atoms with Gasteiger partial charge in [0.2, 0.25) is 15.9 Å². The number of pyridine rings is 1. The van der Waals surface area contributed by atoms with E-state index in [4.69, 9.17) is 11.6 Å². The van der Waals surface area contributed by atoms with Gasteiger partial charge in [-0.2, -0.15) is 0 Å². The Morgan fingerprint density at radius 3 is 2.55 bits per heavy atom. The van der Waals surface area contributed by atoms with Crippen LogP contribution in [0.2, 0.25) is 5.02 Å². The van der Waals surface area contributed by atoms with Crippen LogP contribution in [0.1, 0.15) is 15.9 Å². The molecule has 0 aliphatic heterocycles. The summed E-state index contributed by atoms with van der Waals surface area (Å²) < 4.78 is 38.8. The number of hydrogen-bond donors (Lipinski definition) is 2. The number of sulfonamides is 1. The second-order valence-electron chi connectivity index (χ2n) is 7.01. The quantitative estimate of drug-likeness (QED) is 0.504. The first-order valence-electron chi connectivity index (χ1n) is 9.64. The number of benzene rings is 2. The zero-order chi connectivity index (χ0) is 24.0. The van der Waals surface area contributed by atoms with Gasteiger partial charge in [-0.05, 0) is 42.0 Å². The molecule has 0 aliphatic carbocycles. The largest absolute Gasteiger partial charge is 0.348 e. The van der Waals surface area contributed by atoms with Crippen LogP contribution in [-0.4, -0.2) is 38.0 Å². The molecule has 2 N–H and O–H groups in total. The summed E-state index contributed by atoms with van der Waals surface area (Å²) in [6.45, 7) is -0.366. The number of nitrogens with one attached hydrogen (secondary N) is 2.